The first-order valence-electron chi connectivity index (χ1n) is 6.00. The zero-order chi connectivity index (χ0) is 11.4. The highest BCUT2D eigenvalue weighted by Crippen LogP contribution is 2.19. The third-order valence-electron chi connectivity index (χ3n) is 3.14. The Morgan fingerprint density at radius 3 is 2.75 bits per heavy atom. The van der Waals surface area contributed by atoms with E-state index >= 15 is 0 Å². The number of hydrogen-bond acceptors (Lipinski definition) is 3. The Bertz CT molecular complexity index is 343. The van der Waals surface area contributed by atoms with E-state index in [-0.39, 0.29) is 0 Å². The van der Waals surface area contributed by atoms with Gasteiger partial charge in [0.2, 0.25) is 0 Å². The molecule has 1 aliphatic heterocycles. The summed E-state index contributed by atoms with van der Waals surface area (Å²) in [7, 11) is 2.00. The number of hydrogen-bond donors (Lipinski definition) is 2. The van der Waals surface area contributed by atoms with Crippen LogP contribution >= 0.6 is 0 Å². The van der Waals surface area contributed by atoms with Gasteiger partial charge >= 0.3 is 0 Å². The number of nitrogens with zero attached hydrogens (tertiary/aromatic N) is 1. The number of piperazine rings is 1. The molecule has 0 saturated carbocycles. The first kappa shape index (κ1) is 11.4. The summed E-state index contributed by atoms with van der Waals surface area (Å²) < 4.78 is 0. The van der Waals surface area contributed by atoms with Gasteiger partial charge in [-0.3, -0.25) is 4.90 Å². The summed E-state index contributed by atoms with van der Waals surface area (Å²) in [4.78, 5) is 2.50. The molecule has 2 N–H and O–H groups in total. The number of benzene rings is 1. The van der Waals surface area contributed by atoms with E-state index in [9.17, 15) is 0 Å². The second kappa shape index (κ2) is 5.32. The Morgan fingerprint density at radius 1 is 1.31 bits per heavy atom. The van der Waals surface area contributed by atoms with Crippen molar-refractivity contribution in [2.24, 2.45) is 0 Å². The van der Waals surface area contributed by atoms with Gasteiger partial charge in [-0.15, -0.1) is 0 Å². The maximum Gasteiger partial charge on any atom is 0.0385 e. The van der Waals surface area contributed by atoms with Crippen molar-refractivity contribution in [1.82, 2.24) is 10.2 Å². The monoisotopic (exact) mass is 219 g/mol. The van der Waals surface area contributed by atoms with Crippen molar-refractivity contribution in [2.75, 3.05) is 38.5 Å². The topological polar surface area (TPSA) is 27.3 Å². The van der Waals surface area contributed by atoms with E-state index in [0.717, 1.165) is 32.7 Å². The smallest absolute Gasteiger partial charge is 0.0385 e. The number of anilines is 1. The SMILES string of the molecule is CNc1cc(C)ccc1CN1CCNCC1. The summed E-state index contributed by atoms with van der Waals surface area (Å²) in [6, 6.07) is 6.65. The largest absolute Gasteiger partial charge is 0.388 e. The van der Waals surface area contributed by atoms with Crippen molar-refractivity contribution in [3.63, 3.8) is 0 Å². The van der Waals surface area contributed by atoms with Crippen molar-refractivity contribution in [3.05, 3.63) is 29.3 Å². The number of aryl methyl sites for hydroxylation is 1. The maximum atomic E-state index is 3.38. The van der Waals surface area contributed by atoms with E-state index in [0.29, 0.717) is 0 Å². The van der Waals surface area contributed by atoms with E-state index < -0.39 is 0 Å². The van der Waals surface area contributed by atoms with Crippen LogP contribution in [0.1, 0.15) is 11.1 Å². The molecule has 0 unspecified atom stereocenters. The van der Waals surface area contributed by atoms with Gasteiger partial charge in [-0.25, -0.2) is 0 Å². The minimum atomic E-state index is 1.05. The van der Waals surface area contributed by atoms with Crippen LogP contribution in [-0.4, -0.2) is 38.1 Å². The quantitative estimate of drug-likeness (QED) is 0.805. The predicted molar refractivity (Wildman–Crippen MR) is 68.9 cm³/mol. The van der Waals surface area contributed by atoms with Crippen LogP contribution in [0.15, 0.2) is 18.2 Å². The third-order valence-corrected chi connectivity index (χ3v) is 3.14. The fourth-order valence-corrected chi connectivity index (χ4v) is 2.17. The van der Waals surface area contributed by atoms with Gasteiger partial charge in [-0.2, -0.15) is 0 Å². The zero-order valence-corrected chi connectivity index (χ0v) is 10.2. The summed E-state index contributed by atoms with van der Waals surface area (Å²) in [5, 5.41) is 6.66. The lowest BCUT2D eigenvalue weighted by atomic mass is 10.1. The van der Waals surface area contributed by atoms with Gasteiger partial charge in [0, 0.05) is 45.5 Å². The molecule has 0 spiro atoms. The highest BCUT2D eigenvalue weighted by molar-refractivity contribution is 5.52. The second-order valence-electron chi connectivity index (χ2n) is 4.44. The van der Waals surface area contributed by atoms with Crippen LogP contribution in [0.4, 0.5) is 5.69 Å². The lowest BCUT2D eigenvalue weighted by Gasteiger charge is -2.28. The lowest BCUT2D eigenvalue weighted by Crippen LogP contribution is -2.42. The molecule has 1 saturated heterocycles. The molecule has 0 atom stereocenters. The van der Waals surface area contributed by atoms with Gasteiger partial charge < -0.3 is 10.6 Å². The highest BCUT2D eigenvalue weighted by Gasteiger charge is 2.11. The van der Waals surface area contributed by atoms with Crippen LogP contribution in [0.5, 0.6) is 0 Å². The third kappa shape index (κ3) is 2.74. The Hall–Kier alpha value is -1.06. The Labute approximate surface area is 97.8 Å². The molecule has 0 bridgehead atoms. The number of nitrogens with one attached hydrogen (secondary N) is 2. The first-order chi connectivity index (χ1) is 7.79. The normalized spacial score (nSPS) is 17.4. The fourth-order valence-electron chi connectivity index (χ4n) is 2.17. The van der Waals surface area contributed by atoms with Crippen LogP contribution in [0.25, 0.3) is 0 Å². The minimum Gasteiger partial charge on any atom is -0.388 e. The second-order valence-corrected chi connectivity index (χ2v) is 4.44. The molecule has 1 fully saturated rings. The summed E-state index contributed by atoms with van der Waals surface area (Å²) in [6.07, 6.45) is 0. The highest BCUT2D eigenvalue weighted by atomic mass is 15.2. The molecule has 2 rings (SSSR count). The molecular formula is C13H21N3. The fraction of sp³-hybridized carbons (Fsp3) is 0.538. The van der Waals surface area contributed by atoms with Crippen LogP contribution < -0.4 is 10.6 Å². The molecule has 3 nitrogen and oxygen atoms in total. The minimum absolute atomic E-state index is 1.05. The lowest BCUT2D eigenvalue weighted by molar-refractivity contribution is 0.233. The van der Waals surface area contributed by atoms with Crippen LogP contribution in [-0.2, 0) is 6.54 Å². The van der Waals surface area contributed by atoms with Gasteiger partial charge in [0.1, 0.15) is 0 Å². The molecule has 1 heterocycles. The maximum absolute atomic E-state index is 3.38. The summed E-state index contributed by atoms with van der Waals surface area (Å²) in [5.41, 5.74) is 3.97. The van der Waals surface area contributed by atoms with Crippen LogP contribution in [0.3, 0.4) is 0 Å². The molecule has 0 aliphatic carbocycles. The van der Waals surface area contributed by atoms with E-state index in [1.807, 2.05) is 7.05 Å². The first-order valence-corrected chi connectivity index (χ1v) is 6.00. The average Bonchev–Trinajstić information content (AvgIpc) is 2.33. The Morgan fingerprint density at radius 2 is 2.06 bits per heavy atom. The molecule has 0 radical (unpaired) electrons. The van der Waals surface area contributed by atoms with Crippen molar-refractivity contribution in [1.29, 1.82) is 0 Å². The molecule has 0 amide bonds. The Balaban J connectivity index is 2.07. The predicted octanol–water partition coefficient (Wildman–Crippen LogP) is 1.44. The molecule has 0 aromatic heterocycles. The van der Waals surface area contributed by atoms with Crippen molar-refractivity contribution in [3.8, 4) is 0 Å². The molecule has 16 heavy (non-hydrogen) atoms. The Kier molecular flexibility index (Phi) is 3.80. The van der Waals surface area contributed by atoms with E-state index in [4.69, 9.17) is 0 Å². The molecular weight excluding hydrogens is 198 g/mol. The zero-order valence-electron chi connectivity index (χ0n) is 10.2. The van der Waals surface area contributed by atoms with E-state index in [2.05, 4.69) is 40.7 Å². The molecule has 3 heteroatoms. The van der Waals surface area contributed by atoms with Crippen molar-refractivity contribution >= 4 is 5.69 Å². The van der Waals surface area contributed by atoms with E-state index in [1.165, 1.54) is 16.8 Å². The van der Waals surface area contributed by atoms with E-state index in [1.54, 1.807) is 0 Å². The van der Waals surface area contributed by atoms with Gasteiger partial charge in [-0.1, -0.05) is 12.1 Å². The van der Waals surface area contributed by atoms with Gasteiger partial charge in [0.15, 0.2) is 0 Å². The van der Waals surface area contributed by atoms with Gasteiger partial charge in [0.25, 0.3) is 0 Å². The number of rotatable bonds is 3. The van der Waals surface area contributed by atoms with Crippen molar-refractivity contribution in [2.45, 2.75) is 13.5 Å². The molecule has 88 valence electrons. The van der Waals surface area contributed by atoms with Crippen molar-refractivity contribution < 1.29 is 0 Å². The average molecular weight is 219 g/mol. The van der Waals surface area contributed by atoms with Gasteiger partial charge in [0.05, 0.1) is 0 Å². The molecule has 1 aliphatic rings. The summed E-state index contributed by atoms with van der Waals surface area (Å²) in [5.74, 6) is 0. The van der Waals surface area contributed by atoms with Crippen LogP contribution in [0.2, 0.25) is 0 Å². The van der Waals surface area contributed by atoms with Gasteiger partial charge in [-0.05, 0) is 24.1 Å². The standard InChI is InChI=1S/C13H21N3/c1-11-3-4-12(13(9-11)14-2)10-16-7-5-15-6-8-16/h3-4,9,14-15H,5-8,10H2,1-2H3. The molecule has 1 aromatic carbocycles. The summed E-state index contributed by atoms with van der Waals surface area (Å²) in [6.45, 7) is 7.71. The van der Waals surface area contributed by atoms with Crippen LogP contribution in [0, 0.1) is 6.92 Å². The molecule has 1 aromatic rings. The summed E-state index contributed by atoms with van der Waals surface area (Å²) >= 11 is 0.